The van der Waals surface area contributed by atoms with E-state index in [-0.39, 0.29) is 0 Å². The Morgan fingerprint density at radius 3 is 2.55 bits per heavy atom. The lowest BCUT2D eigenvalue weighted by Crippen LogP contribution is -2.07. The van der Waals surface area contributed by atoms with E-state index in [1.54, 1.807) is 4.52 Å². The van der Waals surface area contributed by atoms with Gasteiger partial charge < -0.3 is 4.90 Å². The van der Waals surface area contributed by atoms with Gasteiger partial charge >= 0.3 is 0 Å². The van der Waals surface area contributed by atoms with Gasteiger partial charge in [0, 0.05) is 25.3 Å². The zero-order valence-electron chi connectivity index (χ0n) is 12.5. The molecule has 0 aliphatic rings. The lowest BCUT2D eigenvalue weighted by atomic mass is 10.2. The molecule has 22 heavy (non-hydrogen) atoms. The minimum Gasteiger partial charge on any atom is -0.378 e. The summed E-state index contributed by atoms with van der Waals surface area (Å²) in [7, 11) is 3.99. The average Bonchev–Trinajstić information content (AvgIpc) is 2.99. The Bertz CT molecular complexity index is 860. The van der Waals surface area contributed by atoms with E-state index in [0.717, 1.165) is 11.3 Å². The van der Waals surface area contributed by atoms with Gasteiger partial charge in [0.05, 0.1) is 6.20 Å². The van der Waals surface area contributed by atoms with Gasteiger partial charge in [-0.2, -0.15) is 9.78 Å². The molecule has 7 heteroatoms. The van der Waals surface area contributed by atoms with Crippen molar-refractivity contribution in [3.63, 3.8) is 0 Å². The van der Waals surface area contributed by atoms with Crippen molar-refractivity contribution in [3.05, 3.63) is 36.0 Å². The highest BCUT2D eigenvalue weighted by molar-refractivity contribution is 7.98. The predicted octanol–water partition coefficient (Wildman–Crippen LogP) is 2.45. The molecule has 2 aromatic heterocycles. The van der Waals surface area contributed by atoms with Crippen LogP contribution in [0, 0.1) is 11.3 Å². The van der Waals surface area contributed by atoms with Crippen LogP contribution < -0.4 is 4.90 Å². The first-order valence-corrected chi connectivity index (χ1v) is 7.84. The second-order valence-electron chi connectivity index (χ2n) is 4.88. The zero-order valence-corrected chi connectivity index (χ0v) is 13.3. The third-order valence-electron chi connectivity index (χ3n) is 3.28. The Balaban J connectivity index is 2.14. The van der Waals surface area contributed by atoms with Crippen LogP contribution >= 0.6 is 11.8 Å². The Labute approximate surface area is 132 Å². The van der Waals surface area contributed by atoms with Crippen LogP contribution in [-0.2, 0) is 0 Å². The molecule has 0 spiro atoms. The first-order valence-electron chi connectivity index (χ1n) is 6.61. The maximum atomic E-state index is 9.19. The number of nitrogens with zero attached hydrogens (tertiary/aromatic N) is 6. The van der Waals surface area contributed by atoms with Crippen molar-refractivity contribution in [2.75, 3.05) is 25.3 Å². The van der Waals surface area contributed by atoms with Crippen LogP contribution in [0.1, 0.15) is 5.56 Å². The van der Waals surface area contributed by atoms with E-state index in [9.17, 15) is 5.26 Å². The molecule has 0 amide bonds. The van der Waals surface area contributed by atoms with E-state index in [0.29, 0.717) is 22.2 Å². The third-order valence-corrected chi connectivity index (χ3v) is 3.92. The lowest BCUT2D eigenvalue weighted by Gasteiger charge is -2.11. The molecule has 0 radical (unpaired) electrons. The SMILES string of the molecule is CSc1ncc(C#N)c2nc(-c3ccc(N(C)C)cc3)nn12. The van der Waals surface area contributed by atoms with Crippen molar-refractivity contribution in [1.29, 1.82) is 5.26 Å². The molecule has 3 rings (SSSR count). The number of nitriles is 1. The van der Waals surface area contributed by atoms with E-state index < -0.39 is 0 Å². The van der Waals surface area contributed by atoms with E-state index >= 15 is 0 Å². The van der Waals surface area contributed by atoms with E-state index in [1.807, 2.05) is 49.5 Å². The smallest absolute Gasteiger partial charge is 0.190 e. The summed E-state index contributed by atoms with van der Waals surface area (Å²) in [6.45, 7) is 0. The molecule has 2 heterocycles. The summed E-state index contributed by atoms with van der Waals surface area (Å²) in [5.74, 6) is 0.588. The van der Waals surface area contributed by atoms with E-state index in [4.69, 9.17) is 0 Å². The number of benzene rings is 1. The van der Waals surface area contributed by atoms with E-state index in [2.05, 4.69) is 21.1 Å². The molecule has 0 atom stereocenters. The van der Waals surface area contributed by atoms with Crippen molar-refractivity contribution in [1.82, 2.24) is 19.6 Å². The molecule has 110 valence electrons. The standard InChI is InChI=1S/C15H14N6S/c1-20(2)12-6-4-10(5-7-12)13-18-14-11(8-16)9-17-15(22-3)21(14)19-13/h4-7,9H,1-3H3. The minimum atomic E-state index is 0.418. The van der Waals surface area contributed by atoms with Gasteiger partial charge in [0.25, 0.3) is 0 Å². The number of aromatic nitrogens is 4. The monoisotopic (exact) mass is 310 g/mol. The summed E-state index contributed by atoms with van der Waals surface area (Å²) < 4.78 is 1.62. The topological polar surface area (TPSA) is 70.1 Å². The molecule has 0 saturated carbocycles. The van der Waals surface area contributed by atoms with Gasteiger partial charge in [-0.1, -0.05) is 11.8 Å². The maximum absolute atomic E-state index is 9.19. The predicted molar refractivity (Wildman–Crippen MR) is 87.0 cm³/mol. The zero-order chi connectivity index (χ0) is 15.7. The summed E-state index contributed by atoms with van der Waals surface area (Å²) in [4.78, 5) is 10.8. The largest absolute Gasteiger partial charge is 0.378 e. The number of hydrogen-bond donors (Lipinski definition) is 0. The molecule has 6 nitrogen and oxygen atoms in total. The molecule has 3 aromatic rings. The Hall–Kier alpha value is -2.59. The van der Waals surface area contributed by atoms with Crippen LogP contribution in [0.5, 0.6) is 0 Å². The Morgan fingerprint density at radius 2 is 1.95 bits per heavy atom. The second-order valence-corrected chi connectivity index (χ2v) is 5.66. The Kier molecular flexibility index (Phi) is 3.69. The van der Waals surface area contributed by atoms with Gasteiger partial charge in [-0.3, -0.25) is 0 Å². The molecular weight excluding hydrogens is 296 g/mol. The summed E-state index contributed by atoms with van der Waals surface area (Å²) in [6.07, 6.45) is 3.45. The molecule has 0 unspecified atom stereocenters. The maximum Gasteiger partial charge on any atom is 0.190 e. The summed E-state index contributed by atoms with van der Waals surface area (Å²) in [6, 6.07) is 10.1. The minimum absolute atomic E-state index is 0.418. The number of hydrogen-bond acceptors (Lipinski definition) is 6. The van der Waals surface area contributed by atoms with Gasteiger partial charge in [0.1, 0.15) is 11.6 Å². The molecule has 0 aliphatic carbocycles. The average molecular weight is 310 g/mol. The van der Waals surface area contributed by atoms with Crippen LogP contribution in [0.4, 0.5) is 5.69 Å². The normalized spacial score (nSPS) is 10.6. The van der Waals surface area contributed by atoms with E-state index in [1.165, 1.54) is 18.0 Å². The fourth-order valence-corrected chi connectivity index (χ4v) is 2.56. The van der Waals surface area contributed by atoms with Crippen LogP contribution in [0.25, 0.3) is 17.0 Å². The molecule has 0 N–H and O–H groups in total. The number of anilines is 1. The molecular formula is C15H14N6S. The highest BCUT2D eigenvalue weighted by Gasteiger charge is 2.13. The first-order chi connectivity index (χ1) is 10.6. The van der Waals surface area contributed by atoms with Gasteiger partial charge in [-0.15, -0.1) is 5.10 Å². The molecule has 1 aromatic carbocycles. The summed E-state index contributed by atoms with van der Waals surface area (Å²) in [5.41, 5.74) is 2.97. The highest BCUT2D eigenvalue weighted by atomic mass is 32.2. The number of fused-ring (bicyclic) bond motifs is 1. The van der Waals surface area contributed by atoms with Crippen LogP contribution in [-0.4, -0.2) is 39.9 Å². The Morgan fingerprint density at radius 1 is 1.23 bits per heavy atom. The van der Waals surface area contributed by atoms with Crippen molar-refractivity contribution in [2.45, 2.75) is 5.16 Å². The van der Waals surface area contributed by atoms with Crippen molar-refractivity contribution >= 4 is 23.1 Å². The second kappa shape index (κ2) is 5.66. The van der Waals surface area contributed by atoms with Crippen molar-refractivity contribution in [3.8, 4) is 17.5 Å². The molecule has 0 fully saturated rings. The fourth-order valence-electron chi connectivity index (χ4n) is 2.10. The van der Waals surface area contributed by atoms with Crippen LogP contribution in [0.15, 0.2) is 35.6 Å². The fraction of sp³-hybridized carbons (Fsp3) is 0.200. The van der Waals surface area contributed by atoms with Gasteiger partial charge in [-0.25, -0.2) is 9.97 Å². The van der Waals surface area contributed by atoms with Crippen molar-refractivity contribution in [2.24, 2.45) is 0 Å². The third kappa shape index (κ3) is 2.38. The van der Waals surface area contributed by atoms with Gasteiger partial charge in [-0.05, 0) is 30.5 Å². The first kappa shape index (κ1) is 14.4. The van der Waals surface area contributed by atoms with Gasteiger partial charge in [0.2, 0.25) is 0 Å². The molecule has 0 bridgehead atoms. The van der Waals surface area contributed by atoms with Crippen LogP contribution in [0.3, 0.4) is 0 Å². The highest BCUT2D eigenvalue weighted by Crippen LogP contribution is 2.23. The molecule has 0 saturated heterocycles. The molecule has 0 aliphatic heterocycles. The van der Waals surface area contributed by atoms with Crippen molar-refractivity contribution < 1.29 is 0 Å². The number of rotatable bonds is 3. The summed E-state index contributed by atoms with van der Waals surface area (Å²) in [5, 5.41) is 14.4. The summed E-state index contributed by atoms with van der Waals surface area (Å²) >= 11 is 1.47. The lowest BCUT2D eigenvalue weighted by molar-refractivity contribution is 0.796. The number of thioether (sulfide) groups is 1. The quantitative estimate of drug-likeness (QED) is 0.546. The van der Waals surface area contributed by atoms with Gasteiger partial charge in [0.15, 0.2) is 16.6 Å². The van der Waals surface area contributed by atoms with Crippen LogP contribution in [0.2, 0.25) is 0 Å².